The zero-order chi connectivity index (χ0) is 37.6. The lowest BCUT2D eigenvalue weighted by molar-refractivity contribution is -0.127. The van der Waals surface area contributed by atoms with E-state index in [1.807, 2.05) is 73.9 Å². The van der Waals surface area contributed by atoms with Crippen LogP contribution < -0.4 is 5.32 Å². The van der Waals surface area contributed by atoms with Crippen molar-refractivity contribution in [3.05, 3.63) is 106 Å². The molecule has 1 aromatic heterocycles. The van der Waals surface area contributed by atoms with Gasteiger partial charge in [0.15, 0.2) is 0 Å². The first kappa shape index (κ1) is 38.1. The van der Waals surface area contributed by atoms with Crippen LogP contribution in [0, 0.1) is 22.7 Å². The number of hydrogen-bond acceptors (Lipinski definition) is 6. The molecule has 3 aromatic carbocycles. The summed E-state index contributed by atoms with van der Waals surface area (Å²) in [5.41, 5.74) is 3.45. The lowest BCUT2D eigenvalue weighted by Crippen LogP contribution is -2.45. The van der Waals surface area contributed by atoms with Crippen molar-refractivity contribution in [1.29, 1.82) is 5.26 Å². The van der Waals surface area contributed by atoms with Gasteiger partial charge >= 0.3 is 6.09 Å². The van der Waals surface area contributed by atoms with Crippen molar-refractivity contribution >= 4 is 46.5 Å². The van der Waals surface area contributed by atoms with Crippen molar-refractivity contribution in [2.24, 2.45) is 11.3 Å². The number of likely N-dealkylation sites (tertiary alicyclic amines) is 1. The number of rotatable bonds is 11. The molecular weight excluding hydrogens is 676 g/mol. The molecule has 1 saturated heterocycles. The first-order valence-corrected chi connectivity index (χ1v) is 18.1. The molecule has 1 N–H and O–H groups in total. The number of nitriles is 1. The first-order valence-electron chi connectivity index (χ1n) is 17.7. The number of fused-ring (bicyclic) bond motifs is 1. The predicted molar refractivity (Wildman–Crippen MR) is 203 cm³/mol. The summed E-state index contributed by atoms with van der Waals surface area (Å²) in [6.07, 6.45) is 2.81. The number of halogens is 1. The van der Waals surface area contributed by atoms with Crippen LogP contribution in [0.3, 0.4) is 0 Å². The van der Waals surface area contributed by atoms with Gasteiger partial charge in [-0.05, 0) is 78.6 Å². The molecule has 0 spiro atoms. The van der Waals surface area contributed by atoms with E-state index in [1.54, 1.807) is 40.1 Å². The van der Waals surface area contributed by atoms with E-state index in [4.69, 9.17) is 21.3 Å². The molecule has 5 rings (SSSR count). The lowest BCUT2D eigenvalue weighted by atomic mass is 9.87. The van der Waals surface area contributed by atoms with E-state index in [0.717, 1.165) is 29.5 Å². The number of nitrogens with zero attached hydrogens (tertiary/aromatic N) is 5. The Labute approximate surface area is 311 Å². The van der Waals surface area contributed by atoms with Gasteiger partial charge < -0.3 is 19.1 Å². The van der Waals surface area contributed by atoms with Gasteiger partial charge in [0.1, 0.15) is 18.2 Å². The number of aromatic nitrogens is 2. The van der Waals surface area contributed by atoms with Crippen LogP contribution in [0.2, 0.25) is 5.02 Å². The molecule has 3 amide bonds. The summed E-state index contributed by atoms with van der Waals surface area (Å²) in [4.78, 5) is 48.9. The number of amides is 3. The van der Waals surface area contributed by atoms with E-state index >= 15 is 0 Å². The Kier molecular flexibility index (Phi) is 12.1. The maximum Gasteiger partial charge on any atom is 0.410 e. The quantitative estimate of drug-likeness (QED) is 0.122. The van der Waals surface area contributed by atoms with Crippen LogP contribution in [0.4, 0.5) is 10.7 Å². The highest BCUT2D eigenvalue weighted by molar-refractivity contribution is 6.30. The van der Waals surface area contributed by atoms with E-state index in [0.29, 0.717) is 35.1 Å². The summed E-state index contributed by atoms with van der Waals surface area (Å²) in [6, 6.07) is 23.7. The Morgan fingerprint density at radius 3 is 2.42 bits per heavy atom. The van der Waals surface area contributed by atoms with Crippen molar-refractivity contribution in [2.75, 3.05) is 11.9 Å². The van der Waals surface area contributed by atoms with E-state index in [1.165, 1.54) is 0 Å². The molecule has 2 atom stereocenters. The van der Waals surface area contributed by atoms with Crippen LogP contribution in [-0.4, -0.2) is 55.9 Å². The lowest BCUT2D eigenvalue weighted by Gasteiger charge is -2.37. The second kappa shape index (κ2) is 16.5. The van der Waals surface area contributed by atoms with E-state index < -0.39 is 6.09 Å². The molecule has 10 nitrogen and oxygen atoms in total. The molecule has 1 unspecified atom stereocenters. The van der Waals surface area contributed by atoms with Crippen LogP contribution in [-0.2, 0) is 29.2 Å². The topological polar surface area (TPSA) is 121 Å². The molecule has 0 saturated carbocycles. The van der Waals surface area contributed by atoms with Crippen molar-refractivity contribution in [3.63, 3.8) is 0 Å². The predicted octanol–water partition coefficient (Wildman–Crippen LogP) is 8.61. The third-order valence-corrected chi connectivity index (χ3v) is 9.79. The summed E-state index contributed by atoms with van der Waals surface area (Å²) >= 11 is 6.07. The second-order valence-corrected chi connectivity index (χ2v) is 15.2. The van der Waals surface area contributed by atoms with Crippen molar-refractivity contribution in [2.45, 2.75) is 86.2 Å². The SMILES string of the molecule is CC(C)C=C(C#N)C(=O)N1CCCC1Cn1c(NC(=O)c2ccc(Cl)cc2)nc2cc(CN(C(=O)OCc3ccccc3)[C@@H](C)C(C)(C)C)ccc21. The van der Waals surface area contributed by atoms with E-state index in [-0.39, 0.29) is 54.0 Å². The van der Waals surface area contributed by atoms with Gasteiger partial charge in [0.05, 0.1) is 17.1 Å². The number of benzene rings is 3. The summed E-state index contributed by atoms with van der Waals surface area (Å²) in [5, 5.41) is 13.3. The van der Waals surface area contributed by atoms with Gasteiger partial charge in [-0.2, -0.15) is 5.26 Å². The minimum absolute atomic E-state index is 0.0501. The average Bonchev–Trinajstić information content (AvgIpc) is 3.72. The zero-order valence-corrected chi connectivity index (χ0v) is 31.5. The van der Waals surface area contributed by atoms with Gasteiger partial charge in [0.2, 0.25) is 5.95 Å². The third kappa shape index (κ3) is 9.20. The standard InChI is InChI=1S/C41H47ClN6O4/c1-27(2)21-32(23-43)38(50)46-20-10-13-34(46)25-48-36-19-14-30(22-35(36)44-39(48)45-37(49)31-15-17-33(42)18-16-31)24-47(28(3)41(4,5)6)40(51)52-26-29-11-8-7-9-12-29/h7-9,11-12,14-19,21-22,27-28,34H,10,13,20,24-26H2,1-6H3,(H,44,45,49)/t28-,34?/m0/s1. The molecule has 11 heteroatoms. The maximum atomic E-state index is 13.6. The minimum atomic E-state index is -0.415. The summed E-state index contributed by atoms with van der Waals surface area (Å²) < 4.78 is 7.71. The van der Waals surface area contributed by atoms with Gasteiger partial charge in [0, 0.05) is 36.3 Å². The molecule has 1 fully saturated rings. The van der Waals surface area contributed by atoms with Crippen molar-refractivity contribution < 1.29 is 19.1 Å². The highest BCUT2D eigenvalue weighted by Gasteiger charge is 2.33. The Hall–Kier alpha value is -5.14. The number of hydrogen-bond donors (Lipinski definition) is 1. The van der Waals surface area contributed by atoms with E-state index in [9.17, 15) is 19.6 Å². The fraction of sp³-hybridized carbons (Fsp3) is 0.390. The highest BCUT2D eigenvalue weighted by atomic mass is 35.5. The fourth-order valence-corrected chi connectivity index (χ4v) is 6.43. The van der Waals surface area contributed by atoms with Gasteiger partial charge in [-0.25, -0.2) is 9.78 Å². The van der Waals surface area contributed by atoms with Gasteiger partial charge in [-0.3, -0.25) is 14.9 Å². The third-order valence-electron chi connectivity index (χ3n) is 9.54. The van der Waals surface area contributed by atoms with Gasteiger partial charge in [-0.15, -0.1) is 0 Å². The number of nitrogens with one attached hydrogen (secondary N) is 1. The van der Waals surface area contributed by atoms with Crippen molar-refractivity contribution in [1.82, 2.24) is 19.4 Å². The van der Waals surface area contributed by atoms with E-state index in [2.05, 4.69) is 32.2 Å². The molecule has 0 bridgehead atoms. The van der Waals surface area contributed by atoms with Crippen molar-refractivity contribution in [3.8, 4) is 6.07 Å². The number of imidazole rings is 1. The summed E-state index contributed by atoms with van der Waals surface area (Å²) in [5.74, 6) is -0.267. The molecule has 272 valence electrons. The number of carbonyl (C=O) groups excluding carboxylic acids is 3. The van der Waals surface area contributed by atoms with Gasteiger partial charge in [-0.1, -0.05) is 88.7 Å². The Bertz CT molecular complexity index is 1970. The molecule has 0 aliphatic carbocycles. The fourth-order valence-electron chi connectivity index (χ4n) is 6.30. The Balaban J connectivity index is 1.48. The Morgan fingerprint density at radius 1 is 1.06 bits per heavy atom. The maximum absolute atomic E-state index is 13.6. The number of anilines is 1. The molecule has 1 aliphatic rings. The first-order chi connectivity index (χ1) is 24.7. The number of ether oxygens (including phenoxy) is 1. The van der Waals surface area contributed by atoms with Crippen LogP contribution in [0.1, 0.15) is 75.9 Å². The summed E-state index contributed by atoms with van der Waals surface area (Å²) in [7, 11) is 0. The number of carbonyl (C=O) groups is 3. The summed E-state index contributed by atoms with van der Waals surface area (Å²) in [6.45, 7) is 13.5. The molecule has 1 aliphatic heterocycles. The zero-order valence-electron chi connectivity index (χ0n) is 30.7. The Morgan fingerprint density at radius 2 is 1.77 bits per heavy atom. The van der Waals surface area contributed by atoms with Crippen LogP contribution in [0.5, 0.6) is 0 Å². The van der Waals surface area contributed by atoms with Crippen LogP contribution in [0.25, 0.3) is 11.0 Å². The smallest absolute Gasteiger partial charge is 0.410 e. The molecular formula is C41H47ClN6O4. The second-order valence-electron chi connectivity index (χ2n) is 14.8. The molecule has 2 heterocycles. The van der Waals surface area contributed by atoms with Crippen LogP contribution >= 0.6 is 11.6 Å². The highest BCUT2D eigenvalue weighted by Crippen LogP contribution is 2.30. The monoisotopic (exact) mass is 722 g/mol. The normalized spacial score (nSPS) is 15.4. The van der Waals surface area contributed by atoms with Crippen LogP contribution in [0.15, 0.2) is 84.4 Å². The minimum Gasteiger partial charge on any atom is -0.445 e. The molecule has 4 aromatic rings. The molecule has 0 radical (unpaired) electrons. The van der Waals surface area contributed by atoms with Gasteiger partial charge in [0.25, 0.3) is 11.8 Å². The largest absolute Gasteiger partial charge is 0.445 e. The molecule has 52 heavy (non-hydrogen) atoms. The average molecular weight is 723 g/mol. The number of allylic oxidation sites excluding steroid dienone is 1.